The number of nitrogens with one attached hydrogen (secondary N) is 1. The molecule has 7 nitrogen and oxygen atoms in total. The second kappa shape index (κ2) is 9.91. The van der Waals surface area contributed by atoms with Gasteiger partial charge >= 0.3 is 8.80 Å². The summed E-state index contributed by atoms with van der Waals surface area (Å²) in [6, 6.07) is 8.32. The largest absolute Gasteiger partial charge is 0.500 e. The van der Waals surface area contributed by atoms with E-state index in [0.29, 0.717) is 43.4 Å². The van der Waals surface area contributed by atoms with Gasteiger partial charge in [-0.1, -0.05) is 12.1 Å². The summed E-state index contributed by atoms with van der Waals surface area (Å²) in [7, 11) is 1.18. The smallest absolute Gasteiger partial charge is 0.377 e. The maximum Gasteiger partial charge on any atom is 0.500 e. The zero-order chi connectivity index (χ0) is 22.6. The number of hydrogen-bond donors (Lipinski definition) is 1. The van der Waals surface area contributed by atoms with Gasteiger partial charge in [-0.3, -0.25) is 14.9 Å². The minimum Gasteiger partial charge on any atom is -0.377 e. The number of amides is 2. The van der Waals surface area contributed by atoms with Crippen LogP contribution in [0.3, 0.4) is 0 Å². The van der Waals surface area contributed by atoms with Gasteiger partial charge in [0.1, 0.15) is 0 Å². The van der Waals surface area contributed by atoms with E-state index in [9.17, 15) is 9.59 Å². The highest BCUT2D eigenvalue weighted by Crippen LogP contribution is 2.36. The molecule has 0 saturated carbocycles. The molecule has 0 radical (unpaired) electrons. The van der Waals surface area contributed by atoms with Gasteiger partial charge in [0.15, 0.2) is 0 Å². The summed E-state index contributed by atoms with van der Waals surface area (Å²) in [5, 5.41) is 4.14. The van der Waals surface area contributed by atoms with Crippen LogP contribution in [0, 0.1) is 0 Å². The maximum absolute atomic E-state index is 12.8. The van der Waals surface area contributed by atoms with E-state index in [-0.39, 0.29) is 11.8 Å². The summed E-state index contributed by atoms with van der Waals surface area (Å²) in [4.78, 5) is 27.3. The molecule has 168 valence electrons. The summed E-state index contributed by atoms with van der Waals surface area (Å²) in [5.41, 5.74) is 3.04. The van der Waals surface area contributed by atoms with Gasteiger partial charge in [-0.2, -0.15) is 0 Å². The molecular formula is C23H32N2O5Si. The molecule has 0 unspecified atom stereocenters. The van der Waals surface area contributed by atoms with Crippen molar-refractivity contribution in [3.63, 3.8) is 0 Å². The second-order valence-corrected chi connectivity index (χ2v) is 10.4. The molecule has 2 amide bonds. The Balaban J connectivity index is 2.00. The molecule has 1 aliphatic heterocycles. The lowest BCUT2D eigenvalue weighted by atomic mass is 9.88. The average Bonchev–Trinajstić information content (AvgIpc) is 2.72. The van der Waals surface area contributed by atoms with Gasteiger partial charge in [-0.25, -0.2) is 0 Å². The summed E-state index contributed by atoms with van der Waals surface area (Å²) in [5.74, 6) is -0.683. The molecule has 0 aromatic heterocycles. The van der Waals surface area contributed by atoms with Gasteiger partial charge < -0.3 is 18.2 Å². The van der Waals surface area contributed by atoms with E-state index in [2.05, 4.69) is 11.4 Å². The molecule has 0 atom stereocenters. The van der Waals surface area contributed by atoms with Gasteiger partial charge in [-0.05, 0) is 51.3 Å². The van der Waals surface area contributed by atoms with Crippen LogP contribution in [0.2, 0.25) is 6.04 Å². The summed E-state index contributed by atoms with van der Waals surface area (Å²) in [6.07, 6.45) is 1.41. The molecule has 0 aliphatic carbocycles. The molecule has 1 N–H and O–H groups in total. The summed E-state index contributed by atoms with van der Waals surface area (Å²) >= 11 is 0. The van der Waals surface area contributed by atoms with Gasteiger partial charge in [-0.15, -0.1) is 0 Å². The van der Waals surface area contributed by atoms with E-state index in [1.807, 2.05) is 51.9 Å². The first-order valence-corrected chi connectivity index (χ1v) is 12.8. The van der Waals surface area contributed by atoms with Crippen molar-refractivity contribution in [3.8, 4) is 0 Å². The minimum absolute atomic E-state index is 0.336. The number of rotatable bonds is 11. The minimum atomic E-state index is -2.76. The molecule has 8 heteroatoms. The quantitative estimate of drug-likeness (QED) is 0.420. The average molecular weight is 445 g/mol. The fourth-order valence-corrected chi connectivity index (χ4v) is 6.87. The Morgan fingerprint density at radius 1 is 0.968 bits per heavy atom. The predicted molar refractivity (Wildman–Crippen MR) is 124 cm³/mol. The fourth-order valence-electron chi connectivity index (χ4n) is 4.26. The normalized spacial score (nSPS) is 13.6. The second-order valence-electron chi connectivity index (χ2n) is 7.67. The van der Waals surface area contributed by atoms with Crippen molar-refractivity contribution in [2.24, 2.45) is 0 Å². The zero-order valence-electron chi connectivity index (χ0n) is 19.0. The number of imide groups is 1. The Bertz CT molecular complexity index is 959. The van der Waals surface area contributed by atoms with E-state index >= 15 is 0 Å². The van der Waals surface area contributed by atoms with E-state index in [4.69, 9.17) is 13.3 Å². The first kappa shape index (κ1) is 23.4. The third-order valence-electron chi connectivity index (χ3n) is 5.42. The topological polar surface area (TPSA) is 77.1 Å². The Morgan fingerprint density at radius 2 is 1.61 bits per heavy atom. The molecule has 2 aromatic carbocycles. The lowest BCUT2D eigenvalue weighted by Crippen LogP contribution is -2.46. The molecule has 2 aromatic rings. The monoisotopic (exact) mass is 444 g/mol. The van der Waals surface area contributed by atoms with E-state index in [0.717, 1.165) is 28.4 Å². The van der Waals surface area contributed by atoms with Gasteiger partial charge in [0, 0.05) is 62.0 Å². The molecule has 0 saturated heterocycles. The van der Waals surface area contributed by atoms with Crippen LogP contribution in [0.4, 0.5) is 5.69 Å². The highest BCUT2D eigenvalue weighted by molar-refractivity contribution is 6.60. The van der Waals surface area contributed by atoms with E-state index in [1.165, 1.54) is 0 Å². The maximum atomic E-state index is 12.8. The van der Waals surface area contributed by atoms with Crippen molar-refractivity contribution in [1.29, 1.82) is 0 Å². The number of benzene rings is 2. The first-order chi connectivity index (χ1) is 14.9. The van der Waals surface area contributed by atoms with E-state index < -0.39 is 8.80 Å². The van der Waals surface area contributed by atoms with Crippen LogP contribution >= 0.6 is 0 Å². The number of hydrogen-bond acceptors (Lipinski definition) is 6. The van der Waals surface area contributed by atoms with Crippen LogP contribution in [0.15, 0.2) is 24.3 Å². The first-order valence-electron chi connectivity index (χ1n) is 10.9. The molecule has 0 bridgehead atoms. The van der Waals surface area contributed by atoms with Crippen molar-refractivity contribution < 1.29 is 22.9 Å². The third-order valence-corrected chi connectivity index (χ3v) is 8.58. The Morgan fingerprint density at radius 3 is 2.19 bits per heavy atom. The van der Waals surface area contributed by atoms with Crippen molar-refractivity contribution in [2.45, 2.75) is 39.7 Å². The Labute approximate surface area is 185 Å². The molecule has 3 rings (SSSR count). The van der Waals surface area contributed by atoms with Crippen LogP contribution < -0.4 is 10.2 Å². The number of nitrogens with zero attached hydrogens (tertiary/aromatic N) is 1. The zero-order valence-corrected chi connectivity index (χ0v) is 20.0. The van der Waals surface area contributed by atoms with Crippen molar-refractivity contribution >= 4 is 37.1 Å². The van der Waals surface area contributed by atoms with Gasteiger partial charge in [0.05, 0.1) is 5.56 Å². The lowest BCUT2D eigenvalue weighted by molar-refractivity contribution is 0.0708. The number of anilines is 1. The highest BCUT2D eigenvalue weighted by atomic mass is 28.4. The Hall–Kier alpha value is -2.26. The van der Waals surface area contributed by atoms with Crippen LogP contribution in [0.25, 0.3) is 10.8 Å². The van der Waals surface area contributed by atoms with Gasteiger partial charge in [0.25, 0.3) is 11.8 Å². The standard InChI is InChI=1S/C23H32N2O5Si/c1-6-28-31(29-7-2,30-8-3)14-10-11-16-15-19(25(4)5)17-12-9-13-18-21(17)20(16)23(27)24-22(18)26/h9,12-13,15H,6-8,10-11,14H2,1-5H3,(H,24,26,27). The van der Waals surface area contributed by atoms with E-state index in [1.54, 1.807) is 6.07 Å². The highest BCUT2D eigenvalue weighted by Gasteiger charge is 2.40. The number of carbonyl (C=O) groups excluding carboxylic acids is 2. The lowest BCUT2D eigenvalue weighted by Gasteiger charge is -2.29. The predicted octanol–water partition coefficient (Wildman–Crippen LogP) is 3.77. The van der Waals surface area contributed by atoms with Gasteiger partial charge in [0.2, 0.25) is 0 Å². The van der Waals surface area contributed by atoms with Crippen LogP contribution in [-0.2, 0) is 19.7 Å². The van der Waals surface area contributed by atoms with Crippen molar-refractivity contribution in [3.05, 3.63) is 41.0 Å². The summed E-state index contributed by atoms with van der Waals surface area (Å²) in [6.45, 7) is 7.43. The fraction of sp³-hybridized carbons (Fsp3) is 0.478. The molecular weight excluding hydrogens is 412 g/mol. The van der Waals surface area contributed by atoms with Crippen molar-refractivity contribution in [2.75, 3.05) is 38.8 Å². The van der Waals surface area contributed by atoms with Crippen molar-refractivity contribution in [1.82, 2.24) is 5.32 Å². The molecule has 1 aliphatic rings. The molecule has 1 heterocycles. The molecule has 0 spiro atoms. The van der Waals surface area contributed by atoms with Crippen LogP contribution in [0.5, 0.6) is 0 Å². The van der Waals surface area contributed by atoms with Crippen LogP contribution in [-0.4, -0.2) is 54.5 Å². The van der Waals surface area contributed by atoms with Crippen LogP contribution in [0.1, 0.15) is 53.5 Å². The number of aryl methyl sites for hydroxylation is 1. The molecule has 0 fully saturated rings. The Kier molecular flexibility index (Phi) is 7.48. The SMILES string of the molecule is CCO[Si](CCCc1cc(N(C)C)c2cccc3c2c1C(=O)NC3=O)(OCC)OCC. The molecule has 31 heavy (non-hydrogen) atoms. The number of carbonyl (C=O) groups is 2. The summed E-state index contributed by atoms with van der Waals surface area (Å²) < 4.78 is 17.9. The third kappa shape index (κ3) is 4.67.